The van der Waals surface area contributed by atoms with Gasteiger partial charge in [-0.2, -0.15) is 0 Å². The Morgan fingerprint density at radius 3 is 2.85 bits per heavy atom. The minimum atomic E-state index is -0.365. The molecule has 6 heteroatoms. The zero-order valence-corrected chi connectivity index (χ0v) is 10.9. The second kappa shape index (κ2) is 5.40. The van der Waals surface area contributed by atoms with Gasteiger partial charge in [0.15, 0.2) is 0 Å². The number of carbonyl (C=O) groups excluding carboxylic acids is 1. The smallest absolute Gasteiger partial charge is 0.247 e. The van der Waals surface area contributed by atoms with E-state index in [4.69, 9.17) is 4.42 Å². The van der Waals surface area contributed by atoms with Crippen molar-refractivity contribution < 1.29 is 13.6 Å². The van der Waals surface area contributed by atoms with Gasteiger partial charge in [-0.25, -0.2) is 4.39 Å². The van der Waals surface area contributed by atoms with Crippen molar-refractivity contribution in [3.05, 3.63) is 36.0 Å². The number of benzene rings is 1. The van der Waals surface area contributed by atoms with Crippen molar-refractivity contribution in [2.24, 2.45) is 0 Å². The molecule has 0 aliphatic carbocycles. The minimum absolute atomic E-state index is 0.00283. The third-order valence-corrected chi connectivity index (χ3v) is 3.30. The number of nitrogens with zero attached hydrogens (tertiary/aromatic N) is 3. The van der Waals surface area contributed by atoms with Gasteiger partial charge < -0.3 is 9.32 Å². The monoisotopic (exact) mass is 275 g/mol. The molecule has 1 aliphatic heterocycles. The van der Waals surface area contributed by atoms with Crippen LogP contribution in [0.5, 0.6) is 0 Å². The molecule has 0 bridgehead atoms. The van der Waals surface area contributed by atoms with Crippen LogP contribution in [0.1, 0.15) is 18.7 Å². The van der Waals surface area contributed by atoms with Crippen molar-refractivity contribution in [1.82, 2.24) is 15.1 Å². The number of likely N-dealkylation sites (tertiary alicyclic amines) is 1. The number of carbonyl (C=O) groups is 1. The van der Waals surface area contributed by atoms with Crippen LogP contribution >= 0.6 is 0 Å². The van der Waals surface area contributed by atoms with E-state index in [9.17, 15) is 9.18 Å². The van der Waals surface area contributed by atoms with Crippen LogP contribution in [0.25, 0.3) is 11.5 Å². The fraction of sp³-hybridized carbons (Fsp3) is 0.357. The molecule has 1 fully saturated rings. The standard InChI is InChI=1S/C14H14FN3O2/c15-11-5-3-4-10(8-11)14-17-16-12(20-14)9-13(19)18-6-1-2-7-18/h3-5,8H,1-2,6-7,9H2. The van der Waals surface area contributed by atoms with E-state index in [-0.39, 0.29) is 29.9 Å². The number of aromatic nitrogens is 2. The van der Waals surface area contributed by atoms with Crippen LogP contribution in [0.2, 0.25) is 0 Å². The average molecular weight is 275 g/mol. The van der Waals surface area contributed by atoms with E-state index in [1.807, 2.05) is 0 Å². The summed E-state index contributed by atoms with van der Waals surface area (Å²) < 4.78 is 18.5. The van der Waals surface area contributed by atoms with E-state index in [1.54, 1.807) is 17.0 Å². The normalized spacial score (nSPS) is 14.8. The summed E-state index contributed by atoms with van der Waals surface area (Å²) in [5, 5.41) is 7.70. The van der Waals surface area contributed by atoms with Gasteiger partial charge in [-0.05, 0) is 31.0 Å². The lowest BCUT2D eigenvalue weighted by atomic mass is 10.2. The fourth-order valence-electron chi connectivity index (χ4n) is 2.27. The first kappa shape index (κ1) is 12.8. The van der Waals surface area contributed by atoms with E-state index in [2.05, 4.69) is 10.2 Å². The van der Waals surface area contributed by atoms with Crippen LogP contribution in [-0.2, 0) is 11.2 Å². The molecule has 2 heterocycles. The highest BCUT2D eigenvalue weighted by Crippen LogP contribution is 2.19. The Kier molecular flexibility index (Phi) is 3.45. The lowest BCUT2D eigenvalue weighted by Gasteiger charge is -2.13. The molecule has 0 atom stereocenters. The molecule has 1 aromatic heterocycles. The molecule has 0 radical (unpaired) electrons. The third-order valence-electron chi connectivity index (χ3n) is 3.30. The Bertz CT molecular complexity index is 620. The summed E-state index contributed by atoms with van der Waals surface area (Å²) >= 11 is 0. The quantitative estimate of drug-likeness (QED) is 0.860. The Labute approximate surface area is 115 Å². The highest BCUT2D eigenvalue weighted by Gasteiger charge is 2.20. The van der Waals surface area contributed by atoms with Crippen molar-refractivity contribution in [3.8, 4) is 11.5 Å². The first-order valence-corrected chi connectivity index (χ1v) is 6.58. The van der Waals surface area contributed by atoms with Gasteiger partial charge in [-0.15, -0.1) is 10.2 Å². The van der Waals surface area contributed by atoms with E-state index in [1.165, 1.54) is 12.1 Å². The first-order valence-electron chi connectivity index (χ1n) is 6.58. The predicted octanol–water partition coefficient (Wildman–Crippen LogP) is 2.04. The molecule has 0 spiro atoms. The summed E-state index contributed by atoms with van der Waals surface area (Å²) in [7, 11) is 0. The number of halogens is 1. The van der Waals surface area contributed by atoms with Crippen LogP contribution < -0.4 is 0 Å². The molecule has 0 saturated carbocycles. The van der Waals surface area contributed by atoms with Crippen LogP contribution in [0.15, 0.2) is 28.7 Å². The van der Waals surface area contributed by atoms with Crippen molar-refractivity contribution in [2.45, 2.75) is 19.3 Å². The van der Waals surface area contributed by atoms with Crippen molar-refractivity contribution in [2.75, 3.05) is 13.1 Å². The Morgan fingerprint density at radius 1 is 1.30 bits per heavy atom. The number of hydrogen-bond donors (Lipinski definition) is 0. The lowest BCUT2D eigenvalue weighted by Crippen LogP contribution is -2.29. The van der Waals surface area contributed by atoms with Crippen LogP contribution in [0, 0.1) is 5.82 Å². The molecule has 1 amide bonds. The molecule has 2 aromatic rings. The molecule has 1 aromatic carbocycles. The molecular weight excluding hydrogens is 261 g/mol. The second-order valence-electron chi connectivity index (χ2n) is 4.78. The topological polar surface area (TPSA) is 59.2 Å². The van der Waals surface area contributed by atoms with Gasteiger partial charge >= 0.3 is 0 Å². The first-order chi connectivity index (χ1) is 9.72. The molecule has 1 aliphatic rings. The zero-order valence-electron chi connectivity index (χ0n) is 10.9. The molecule has 20 heavy (non-hydrogen) atoms. The molecule has 104 valence electrons. The highest BCUT2D eigenvalue weighted by atomic mass is 19.1. The van der Waals surface area contributed by atoms with Gasteiger partial charge in [-0.3, -0.25) is 4.79 Å². The molecule has 0 N–H and O–H groups in total. The summed E-state index contributed by atoms with van der Waals surface area (Å²) in [6.07, 6.45) is 2.19. The number of rotatable bonds is 3. The molecule has 1 saturated heterocycles. The summed E-state index contributed by atoms with van der Waals surface area (Å²) in [6, 6.07) is 5.92. The van der Waals surface area contributed by atoms with Gasteiger partial charge in [0.1, 0.15) is 12.2 Å². The maximum Gasteiger partial charge on any atom is 0.247 e. The average Bonchev–Trinajstić information content (AvgIpc) is 3.10. The molecule has 3 rings (SSSR count). The maximum absolute atomic E-state index is 13.1. The van der Waals surface area contributed by atoms with Crippen molar-refractivity contribution >= 4 is 5.91 Å². The summed E-state index contributed by atoms with van der Waals surface area (Å²) in [6.45, 7) is 1.59. The third kappa shape index (κ3) is 2.68. The lowest BCUT2D eigenvalue weighted by molar-refractivity contribution is -0.129. The zero-order chi connectivity index (χ0) is 13.9. The van der Waals surface area contributed by atoms with Crippen LogP contribution in [0.4, 0.5) is 4.39 Å². The van der Waals surface area contributed by atoms with Gasteiger partial charge in [0.2, 0.25) is 17.7 Å². The van der Waals surface area contributed by atoms with Gasteiger partial charge in [0.05, 0.1) is 0 Å². The van der Waals surface area contributed by atoms with Crippen molar-refractivity contribution in [3.63, 3.8) is 0 Å². The highest BCUT2D eigenvalue weighted by molar-refractivity contribution is 5.78. The maximum atomic E-state index is 13.1. The van der Waals surface area contributed by atoms with Gasteiger partial charge in [0.25, 0.3) is 0 Å². The van der Waals surface area contributed by atoms with Gasteiger partial charge in [-0.1, -0.05) is 6.07 Å². The van der Waals surface area contributed by atoms with E-state index >= 15 is 0 Å². The van der Waals surface area contributed by atoms with E-state index in [0.717, 1.165) is 25.9 Å². The van der Waals surface area contributed by atoms with Crippen molar-refractivity contribution in [1.29, 1.82) is 0 Å². The predicted molar refractivity (Wildman–Crippen MR) is 69.2 cm³/mol. The molecule has 5 nitrogen and oxygen atoms in total. The Hall–Kier alpha value is -2.24. The Morgan fingerprint density at radius 2 is 2.10 bits per heavy atom. The minimum Gasteiger partial charge on any atom is -0.420 e. The SMILES string of the molecule is O=C(Cc1nnc(-c2cccc(F)c2)o1)N1CCCC1. The Balaban J connectivity index is 1.72. The summed E-state index contributed by atoms with van der Waals surface area (Å²) in [4.78, 5) is 13.8. The summed E-state index contributed by atoms with van der Waals surface area (Å²) in [5.74, 6) is 0.127. The van der Waals surface area contributed by atoms with Gasteiger partial charge in [0, 0.05) is 18.7 Å². The van der Waals surface area contributed by atoms with Crippen LogP contribution in [-0.4, -0.2) is 34.1 Å². The second-order valence-corrected chi connectivity index (χ2v) is 4.78. The largest absolute Gasteiger partial charge is 0.420 e. The molecular formula is C14H14FN3O2. The van der Waals surface area contributed by atoms with E-state index < -0.39 is 0 Å². The number of amides is 1. The van der Waals surface area contributed by atoms with Crippen LogP contribution in [0.3, 0.4) is 0 Å². The molecule has 0 unspecified atom stereocenters. The van der Waals surface area contributed by atoms with E-state index in [0.29, 0.717) is 5.56 Å². The summed E-state index contributed by atoms with van der Waals surface area (Å²) in [5.41, 5.74) is 0.511. The number of hydrogen-bond acceptors (Lipinski definition) is 4. The fourth-order valence-corrected chi connectivity index (χ4v) is 2.27.